The number of ether oxygens (including phenoxy) is 1. The predicted molar refractivity (Wildman–Crippen MR) is 164 cm³/mol. The molecule has 3 atom stereocenters. The first-order chi connectivity index (χ1) is 21.2. The Morgan fingerprint density at radius 1 is 1.05 bits per heavy atom. The number of rotatable bonds is 15. The van der Waals surface area contributed by atoms with Gasteiger partial charge in [-0.1, -0.05) is 13.0 Å². The molecule has 12 heteroatoms. The average Bonchev–Trinajstić information content (AvgIpc) is 3.04. The van der Waals surface area contributed by atoms with Gasteiger partial charge in [0, 0.05) is 70.7 Å². The highest BCUT2D eigenvalue weighted by atomic mass is 19.1. The Morgan fingerprint density at radius 3 is 2.39 bits per heavy atom. The second-order valence-electron chi connectivity index (χ2n) is 12.0. The number of carbonyl (C=O) groups is 1. The molecule has 0 bridgehead atoms. The third-order valence-corrected chi connectivity index (χ3v) is 8.73. The maximum absolute atomic E-state index is 14.8. The van der Waals surface area contributed by atoms with E-state index >= 15 is 0 Å². The molecule has 0 unspecified atom stereocenters. The van der Waals surface area contributed by atoms with Crippen LogP contribution in [0.25, 0.3) is 0 Å². The Labute approximate surface area is 259 Å². The SMILES string of the molecule is CCc1cnc(N2CCC(CCCOc3ccc(CC(=O)N4CCN(C[C@H](O)[C@@H](O)C[C@H](O)CO)CC4)c(F)c3)CC2)nc1. The van der Waals surface area contributed by atoms with Crippen molar-refractivity contribution >= 4 is 11.9 Å². The van der Waals surface area contributed by atoms with Crippen LogP contribution in [0.4, 0.5) is 10.3 Å². The lowest BCUT2D eigenvalue weighted by Gasteiger charge is -2.36. The third-order valence-electron chi connectivity index (χ3n) is 8.73. The van der Waals surface area contributed by atoms with Crippen molar-refractivity contribution in [2.75, 3.05) is 63.9 Å². The van der Waals surface area contributed by atoms with Gasteiger partial charge in [-0.25, -0.2) is 14.4 Å². The Bertz CT molecular complexity index is 1160. The van der Waals surface area contributed by atoms with Crippen LogP contribution < -0.4 is 9.64 Å². The molecule has 0 aliphatic carbocycles. The molecular formula is C32H48FN5O6. The van der Waals surface area contributed by atoms with E-state index in [2.05, 4.69) is 21.8 Å². The number of piperazine rings is 1. The number of carbonyl (C=O) groups excluding carboxylic acids is 1. The van der Waals surface area contributed by atoms with Crippen LogP contribution in [-0.4, -0.2) is 123 Å². The molecule has 1 aromatic heterocycles. The number of nitrogens with zero attached hydrogens (tertiary/aromatic N) is 5. The van der Waals surface area contributed by atoms with Gasteiger partial charge in [0.15, 0.2) is 0 Å². The summed E-state index contributed by atoms with van der Waals surface area (Å²) in [6.07, 6.45) is 5.40. The first-order valence-corrected chi connectivity index (χ1v) is 15.9. The van der Waals surface area contributed by atoms with Gasteiger partial charge in [0.05, 0.1) is 37.9 Å². The van der Waals surface area contributed by atoms with E-state index in [1.807, 2.05) is 17.3 Å². The highest BCUT2D eigenvalue weighted by molar-refractivity contribution is 5.79. The molecule has 0 saturated carbocycles. The van der Waals surface area contributed by atoms with E-state index in [-0.39, 0.29) is 25.3 Å². The van der Waals surface area contributed by atoms with Gasteiger partial charge < -0.3 is 35.0 Å². The minimum Gasteiger partial charge on any atom is -0.493 e. The van der Waals surface area contributed by atoms with Crippen molar-refractivity contribution in [1.82, 2.24) is 19.8 Å². The van der Waals surface area contributed by atoms with Crippen molar-refractivity contribution in [1.29, 1.82) is 0 Å². The molecule has 2 aromatic rings. The minimum absolute atomic E-state index is 0.0427. The number of aliphatic hydroxyl groups excluding tert-OH is 4. The largest absolute Gasteiger partial charge is 0.493 e. The van der Waals surface area contributed by atoms with Crippen LogP contribution in [0.5, 0.6) is 5.75 Å². The van der Waals surface area contributed by atoms with Gasteiger partial charge in [-0.2, -0.15) is 0 Å². The molecule has 44 heavy (non-hydrogen) atoms. The number of benzene rings is 1. The number of aryl methyl sites for hydroxylation is 1. The van der Waals surface area contributed by atoms with Crippen LogP contribution in [0, 0.1) is 11.7 Å². The lowest BCUT2D eigenvalue weighted by atomic mass is 9.92. The van der Waals surface area contributed by atoms with Gasteiger partial charge in [0.1, 0.15) is 11.6 Å². The lowest BCUT2D eigenvalue weighted by molar-refractivity contribution is -0.132. The fourth-order valence-corrected chi connectivity index (χ4v) is 5.79. The number of anilines is 1. The minimum atomic E-state index is -1.15. The van der Waals surface area contributed by atoms with Crippen molar-refractivity contribution < 1.29 is 34.3 Å². The predicted octanol–water partition coefficient (Wildman–Crippen LogP) is 1.41. The number of aliphatic hydroxyl groups is 4. The van der Waals surface area contributed by atoms with Gasteiger partial charge in [-0.3, -0.25) is 9.69 Å². The summed E-state index contributed by atoms with van der Waals surface area (Å²) < 4.78 is 20.7. The van der Waals surface area contributed by atoms with Crippen LogP contribution in [0.15, 0.2) is 30.6 Å². The van der Waals surface area contributed by atoms with E-state index in [9.17, 15) is 24.5 Å². The van der Waals surface area contributed by atoms with Crippen LogP contribution in [0.3, 0.4) is 0 Å². The monoisotopic (exact) mass is 617 g/mol. The first kappa shape index (κ1) is 34.0. The van der Waals surface area contributed by atoms with Crippen molar-refractivity contribution in [2.24, 2.45) is 5.92 Å². The molecule has 2 saturated heterocycles. The molecular weight excluding hydrogens is 569 g/mol. The van der Waals surface area contributed by atoms with Crippen LogP contribution in [0.1, 0.15) is 50.2 Å². The summed E-state index contributed by atoms with van der Waals surface area (Å²) in [5.41, 5.74) is 1.47. The molecule has 11 nitrogen and oxygen atoms in total. The van der Waals surface area contributed by atoms with Crippen LogP contribution >= 0.6 is 0 Å². The Balaban J connectivity index is 1.11. The first-order valence-electron chi connectivity index (χ1n) is 15.9. The Hall–Kier alpha value is -2.90. The summed E-state index contributed by atoms with van der Waals surface area (Å²) in [5, 5.41) is 38.6. The number of hydrogen-bond donors (Lipinski definition) is 4. The molecule has 0 spiro atoms. The molecule has 3 heterocycles. The molecule has 2 aliphatic heterocycles. The maximum Gasteiger partial charge on any atom is 0.227 e. The standard InChI is InChI=1S/C32H48FN5O6/c1-2-23-19-34-32(35-20-23)38-9-7-24(8-10-38)4-3-15-44-27-6-5-25(28(33)18-27)16-31(43)37-13-11-36(12-14-37)21-30(42)29(41)17-26(40)22-39/h5-6,18-20,24,26,29-30,39-42H,2-4,7-17,21-22H2,1H3/t26-,29-,30-/m0/s1. The van der Waals surface area contributed by atoms with Gasteiger partial charge in [-0.05, 0) is 55.2 Å². The number of hydrogen-bond acceptors (Lipinski definition) is 10. The maximum atomic E-state index is 14.8. The summed E-state index contributed by atoms with van der Waals surface area (Å²) in [4.78, 5) is 27.7. The van der Waals surface area contributed by atoms with Gasteiger partial charge in [0.25, 0.3) is 0 Å². The highest BCUT2D eigenvalue weighted by Gasteiger charge is 2.27. The summed E-state index contributed by atoms with van der Waals surface area (Å²) in [6, 6.07) is 4.68. The van der Waals surface area contributed by atoms with Gasteiger partial charge in [-0.15, -0.1) is 0 Å². The number of amides is 1. The van der Waals surface area contributed by atoms with Crippen molar-refractivity contribution in [2.45, 2.75) is 70.2 Å². The molecule has 2 aliphatic rings. The lowest BCUT2D eigenvalue weighted by Crippen LogP contribution is -2.52. The molecule has 0 radical (unpaired) electrons. The van der Waals surface area contributed by atoms with E-state index in [1.54, 1.807) is 17.0 Å². The Morgan fingerprint density at radius 2 is 1.75 bits per heavy atom. The van der Waals surface area contributed by atoms with E-state index < -0.39 is 30.7 Å². The molecule has 4 N–H and O–H groups in total. The summed E-state index contributed by atoms with van der Waals surface area (Å²) in [6.45, 7) is 6.10. The fourth-order valence-electron chi connectivity index (χ4n) is 5.79. The average molecular weight is 618 g/mol. The molecule has 4 rings (SSSR count). The van der Waals surface area contributed by atoms with E-state index in [1.165, 1.54) is 6.07 Å². The molecule has 2 fully saturated rings. The van der Waals surface area contributed by atoms with Gasteiger partial charge in [0.2, 0.25) is 11.9 Å². The Kier molecular flexibility index (Phi) is 13.1. The second-order valence-corrected chi connectivity index (χ2v) is 12.0. The third kappa shape index (κ3) is 10.1. The second kappa shape index (κ2) is 17.0. The van der Waals surface area contributed by atoms with E-state index in [0.717, 1.165) is 56.7 Å². The van der Waals surface area contributed by atoms with Crippen LogP contribution in [-0.2, 0) is 17.6 Å². The van der Waals surface area contributed by atoms with Crippen molar-refractivity contribution in [3.05, 3.63) is 47.5 Å². The highest BCUT2D eigenvalue weighted by Crippen LogP contribution is 2.25. The molecule has 244 valence electrons. The zero-order valence-electron chi connectivity index (χ0n) is 25.7. The van der Waals surface area contributed by atoms with E-state index in [0.29, 0.717) is 50.0 Å². The summed E-state index contributed by atoms with van der Waals surface area (Å²) >= 11 is 0. The van der Waals surface area contributed by atoms with E-state index in [4.69, 9.17) is 9.84 Å². The van der Waals surface area contributed by atoms with Crippen LogP contribution in [0.2, 0.25) is 0 Å². The molecule has 1 amide bonds. The zero-order chi connectivity index (χ0) is 31.5. The zero-order valence-corrected chi connectivity index (χ0v) is 25.7. The molecule has 1 aromatic carbocycles. The van der Waals surface area contributed by atoms with Crippen molar-refractivity contribution in [3.63, 3.8) is 0 Å². The normalized spacial score (nSPS) is 18.7. The number of halogens is 1. The smallest absolute Gasteiger partial charge is 0.227 e. The number of piperidine rings is 1. The van der Waals surface area contributed by atoms with Gasteiger partial charge >= 0.3 is 0 Å². The summed E-state index contributed by atoms with van der Waals surface area (Å²) in [7, 11) is 0. The topological polar surface area (TPSA) is 143 Å². The summed E-state index contributed by atoms with van der Waals surface area (Å²) in [5.74, 6) is 1.26. The fraction of sp³-hybridized carbons (Fsp3) is 0.656. The number of aromatic nitrogens is 2. The quantitative estimate of drug-likeness (QED) is 0.217. The number of β-amino-alcohol motifs (C(OH)–C–C–N with tert-alkyl or cyclic N) is 1. The van der Waals surface area contributed by atoms with Crippen molar-refractivity contribution in [3.8, 4) is 5.75 Å².